The van der Waals surface area contributed by atoms with Gasteiger partial charge in [-0.2, -0.15) is 0 Å². The third-order valence-electron chi connectivity index (χ3n) is 4.83. The molecule has 1 fully saturated rings. The van der Waals surface area contributed by atoms with Gasteiger partial charge in [0.1, 0.15) is 12.3 Å². The predicted molar refractivity (Wildman–Crippen MR) is 100 cm³/mol. The average Bonchev–Trinajstić information content (AvgIpc) is 3.31. The van der Waals surface area contributed by atoms with Crippen LogP contribution in [-0.2, 0) is 19.1 Å². The molecule has 2 heterocycles. The van der Waals surface area contributed by atoms with E-state index in [-0.39, 0.29) is 18.1 Å². The quantitative estimate of drug-likeness (QED) is 0.366. The maximum Gasteiger partial charge on any atom is 0.325 e. The third kappa shape index (κ3) is 3.18. The van der Waals surface area contributed by atoms with Crippen molar-refractivity contribution in [3.05, 3.63) is 65.2 Å². The molecule has 0 aromatic heterocycles. The highest BCUT2D eigenvalue weighted by Crippen LogP contribution is 2.42. The van der Waals surface area contributed by atoms with Gasteiger partial charge in [0.15, 0.2) is 11.5 Å². The highest BCUT2D eigenvalue weighted by molar-refractivity contribution is 6.46. The number of nitrogens with zero attached hydrogens (tertiary/aromatic N) is 1. The number of aliphatic hydroxyl groups excluding tert-OH is 1. The summed E-state index contributed by atoms with van der Waals surface area (Å²) in [6, 6.07) is 12.4. The maximum absolute atomic E-state index is 12.8. The van der Waals surface area contributed by atoms with Crippen LogP contribution in [0.1, 0.15) is 17.2 Å². The van der Waals surface area contributed by atoms with Crippen LogP contribution >= 0.6 is 0 Å². The van der Waals surface area contributed by atoms with Crippen molar-refractivity contribution >= 4 is 23.4 Å². The van der Waals surface area contributed by atoms with E-state index in [1.54, 1.807) is 48.5 Å². The van der Waals surface area contributed by atoms with Gasteiger partial charge in [0.05, 0.1) is 18.7 Å². The number of hydrogen-bond donors (Lipinski definition) is 1. The lowest BCUT2D eigenvalue weighted by atomic mass is 9.95. The number of benzene rings is 2. The van der Waals surface area contributed by atoms with Crippen LogP contribution in [0.15, 0.2) is 54.1 Å². The Bertz CT molecular complexity index is 1030. The Balaban J connectivity index is 1.87. The number of esters is 1. The number of ketones is 1. The zero-order valence-electron chi connectivity index (χ0n) is 15.5. The van der Waals surface area contributed by atoms with Gasteiger partial charge in [0.2, 0.25) is 6.79 Å². The number of amides is 1. The van der Waals surface area contributed by atoms with Gasteiger partial charge in [-0.15, -0.1) is 0 Å². The van der Waals surface area contributed by atoms with Crippen LogP contribution in [-0.4, -0.2) is 48.1 Å². The molecule has 1 amide bonds. The fraction of sp³-hybridized carbons (Fsp3) is 0.190. The number of Topliss-reactive ketones (excluding diaryl/α,β-unsaturated/α-hetero) is 1. The van der Waals surface area contributed by atoms with Crippen molar-refractivity contribution in [3.63, 3.8) is 0 Å². The molecule has 1 N–H and O–H groups in total. The molecule has 2 aromatic carbocycles. The van der Waals surface area contributed by atoms with E-state index >= 15 is 0 Å². The van der Waals surface area contributed by atoms with E-state index in [2.05, 4.69) is 4.74 Å². The van der Waals surface area contributed by atoms with Gasteiger partial charge < -0.3 is 24.2 Å². The van der Waals surface area contributed by atoms with Crippen LogP contribution in [0.5, 0.6) is 11.5 Å². The average molecular weight is 395 g/mol. The van der Waals surface area contributed by atoms with Crippen molar-refractivity contribution in [2.45, 2.75) is 6.04 Å². The minimum Gasteiger partial charge on any atom is -0.507 e. The minimum atomic E-state index is -0.983. The molecular weight excluding hydrogens is 378 g/mol. The predicted octanol–water partition coefficient (Wildman–Crippen LogP) is 2.01. The molecule has 0 radical (unpaired) electrons. The van der Waals surface area contributed by atoms with E-state index in [1.807, 2.05) is 0 Å². The minimum absolute atomic E-state index is 0.0607. The highest BCUT2D eigenvalue weighted by Gasteiger charge is 2.47. The van der Waals surface area contributed by atoms with Crippen LogP contribution in [0, 0.1) is 0 Å². The molecule has 4 rings (SSSR count). The number of likely N-dealkylation sites (tertiary alicyclic amines) is 1. The number of rotatable bonds is 4. The van der Waals surface area contributed by atoms with Gasteiger partial charge in [0.25, 0.3) is 11.7 Å². The number of methoxy groups -OCH3 is 1. The first-order valence-electron chi connectivity index (χ1n) is 8.81. The number of ether oxygens (including phenoxy) is 3. The van der Waals surface area contributed by atoms with Crippen molar-refractivity contribution in [1.82, 2.24) is 4.90 Å². The molecule has 1 saturated heterocycles. The summed E-state index contributed by atoms with van der Waals surface area (Å²) in [5.41, 5.74) is 0.771. The Morgan fingerprint density at radius 2 is 1.86 bits per heavy atom. The smallest absolute Gasteiger partial charge is 0.325 e. The maximum atomic E-state index is 12.8. The molecule has 2 aliphatic rings. The number of carbonyl (C=O) groups is 3. The first kappa shape index (κ1) is 18.5. The Morgan fingerprint density at radius 1 is 1.14 bits per heavy atom. The summed E-state index contributed by atoms with van der Waals surface area (Å²) in [5.74, 6) is -1.79. The Kier molecular flexibility index (Phi) is 4.67. The molecule has 8 heteroatoms. The monoisotopic (exact) mass is 395 g/mol. The summed E-state index contributed by atoms with van der Waals surface area (Å²) >= 11 is 0. The molecule has 1 unspecified atom stereocenters. The summed E-state index contributed by atoms with van der Waals surface area (Å²) in [6.07, 6.45) is 0. The van der Waals surface area contributed by atoms with Crippen molar-refractivity contribution in [2.24, 2.45) is 0 Å². The summed E-state index contributed by atoms with van der Waals surface area (Å²) in [7, 11) is 1.19. The summed E-state index contributed by atoms with van der Waals surface area (Å²) in [6.45, 7) is -0.378. The summed E-state index contributed by atoms with van der Waals surface area (Å²) in [4.78, 5) is 38.5. The molecule has 148 valence electrons. The van der Waals surface area contributed by atoms with Crippen LogP contribution in [0.2, 0.25) is 0 Å². The molecule has 1 atom stereocenters. The Hall–Kier alpha value is -3.81. The normalized spacial score (nSPS) is 19.5. The molecule has 29 heavy (non-hydrogen) atoms. The second kappa shape index (κ2) is 7.31. The van der Waals surface area contributed by atoms with E-state index < -0.39 is 30.2 Å². The first-order valence-corrected chi connectivity index (χ1v) is 8.81. The number of hydrogen-bond acceptors (Lipinski definition) is 7. The van der Waals surface area contributed by atoms with Crippen LogP contribution in [0.3, 0.4) is 0 Å². The van der Waals surface area contributed by atoms with Crippen LogP contribution in [0.25, 0.3) is 5.76 Å². The number of fused-ring (bicyclic) bond motifs is 1. The lowest BCUT2D eigenvalue weighted by Gasteiger charge is -2.24. The van der Waals surface area contributed by atoms with Gasteiger partial charge in [0, 0.05) is 5.56 Å². The van der Waals surface area contributed by atoms with E-state index in [0.29, 0.717) is 22.6 Å². The third-order valence-corrected chi connectivity index (χ3v) is 4.83. The van der Waals surface area contributed by atoms with Gasteiger partial charge >= 0.3 is 5.97 Å². The zero-order chi connectivity index (χ0) is 20.5. The van der Waals surface area contributed by atoms with Gasteiger partial charge in [-0.3, -0.25) is 14.4 Å². The lowest BCUT2D eigenvalue weighted by molar-refractivity contribution is -0.148. The van der Waals surface area contributed by atoms with Crippen LogP contribution in [0.4, 0.5) is 0 Å². The molecular formula is C21H17NO7. The van der Waals surface area contributed by atoms with Gasteiger partial charge in [-0.05, 0) is 17.7 Å². The standard InChI is InChI=1S/C21H17NO7/c1-27-16(23)10-22-18(13-7-8-14-15(9-13)29-11-28-14)17(20(25)21(22)26)19(24)12-5-3-2-4-6-12/h2-9,18,24H,10-11H2,1H3. The topological polar surface area (TPSA) is 102 Å². The van der Waals surface area contributed by atoms with Crippen molar-refractivity contribution in [2.75, 3.05) is 20.4 Å². The van der Waals surface area contributed by atoms with Crippen molar-refractivity contribution in [3.8, 4) is 11.5 Å². The second-order valence-electron chi connectivity index (χ2n) is 6.48. The molecule has 2 aliphatic heterocycles. The van der Waals surface area contributed by atoms with Crippen molar-refractivity contribution < 1.29 is 33.7 Å². The Labute approximate surface area is 165 Å². The number of carbonyl (C=O) groups excluding carboxylic acids is 3. The van der Waals surface area contributed by atoms with E-state index in [9.17, 15) is 19.5 Å². The van der Waals surface area contributed by atoms with E-state index in [0.717, 1.165) is 4.90 Å². The molecule has 8 nitrogen and oxygen atoms in total. The fourth-order valence-corrected chi connectivity index (χ4v) is 3.43. The number of aliphatic hydroxyl groups is 1. The molecule has 0 spiro atoms. The molecule has 0 saturated carbocycles. The first-order chi connectivity index (χ1) is 14.0. The largest absolute Gasteiger partial charge is 0.507 e. The SMILES string of the molecule is COC(=O)CN1C(=O)C(=O)C(=C(O)c2ccccc2)C1c1ccc2c(c1)OCO2. The molecule has 0 bridgehead atoms. The molecule has 2 aromatic rings. The molecule has 0 aliphatic carbocycles. The van der Waals surface area contributed by atoms with Gasteiger partial charge in [-0.1, -0.05) is 36.4 Å². The van der Waals surface area contributed by atoms with Gasteiger partial charge in [-0.25, -0.2) is 0 Å². The van der Waals surface area contributed by atoms with E-state index in [4.69, 9.17) is 9.47 Å². The Morgan fingerprint density at radius 3 is 2.59 bits per heavy atom. The lowest BCUT2D eigenvalue weighted by Crippen LogP contribution is -2.35. The fourth-order valence-electron chi connectivity index (χ4n) is 3.43. The van der Waals surface area contributed by atoms with Crippen molar-refractivity contribution in [1.29, 1.82) is 0 Å². The van der Waals surface area contributed by atoms with E-state index in [1.165, 1.54) is 7.11 Å². The van der Waals surface area contributed by atoms with Crippen LogP contribution < -0.4 is 9.47 Å². The summed E-state index contributed by atoms with van der Waals surface area (Å²) < 4.78 is 15.4. The highest BCUT2D eigenvalue weighted by atomic mass is 16.7. The second-order valence-corrected chi connectivity index (χ2v) is 6.48. The zero-order valence-corrected chi connectivity index (χ0v) is 15.5. The summed E-state index contributed by atoms with van der Waals surface area (Å²) in [5, 5.41) is 10.9.